The predicted octanol–water partition coefficient (Wildman–Crippen LogP) is 4.57. The molecule has 0 heterocycles. The van der Waals surface area contributed by atoms with E-state index in [0.29, 0.717) is 0 Å². The number of hydrogen-bond acceptors (Lipinski definition) is 1. The maximum absolute atomic E-state index is 12.3. The highest BCUT2D eigenvalue weighted by Crippen LogP contribution is 2.33. The standard InChI is InChI=1S/C15H22F3N/c1-8-9(2)11(4)14(12(5)10(8)3)13(19)6-7-15(16,17)18/h13H,6-7,19H2,1-5H3/t13-/m0/s1. The molecule has 0 aliphatic rings. The molecule has 1 rings (SSSR count). The molecule has 108 valence electrons. The molecule has 0 aliphatic carbocycles. The van der Waals surface area contributed by atoms with E-state index < -0.39 is 18.6 Å². The summed E-state index contributed by atoms with van der Waals surface area (Å²) in [6.45, 7) is 9.92. The summed E-state index contributed by atoms with van der Waals surface area (Å²) in [6, 6.07) is -0.556. The maximum atomic E-state index is 12.3. The van der Waals surface area contributed by atoms with E-state index in [1.807, 2.05) is 34.6 Å². The van der Waals surface area contributed by atoms with Crippen molar-refractivity contribution in [2.45, 2.75) is 59.7 Å². The molecule has 4 heteroatoms. The van der Waals surface area contributed by atoms with Crippen LogP contribution in [-0.4, -0.2) is 6.18 Å². The van der Waals surface area contributed by atoms with Gasteiger partial charge in [0.15, 0.2) is 0 Å². The fourth-order valence-electron chi connectivity index (χ4n) is 2.55. The van der Waals surface area contributed by atoms with E-state index in [0.717, 1.165) is 27.8 Å². The predicted molar refractivity (Wildman–Crippen MR) is 72.3 cm³/mol. The van der Waals surface area contributed by atoms with Gasteiger partial charge in [0.2, 0.25) is 0 Å². The van der Waals surface area contributed by atoms with Crippen LogP contribution in [0.1, 0.15) is 52.3 Å². The first kappa shape index (κ1) is 16.0. The number of nitrogens with two attached hydrogens (primary N) is 1. The molecule has 0 fully saturated rings. The van der Waals surface area contributed by atoms with Gasteiger partial charge in [-0.3, -0.25) is 0 Å². The second kappa shape index (κ2) is 5.53. The minimum Gasteiger partial charge on any atom is -0.324 e. The summed E-state index contributed by atoms with van der Waals surface area (Å²) >= 11 is 0. The molecule has 0 aliphatic heterocycles. The molecule has 1 nitrogen and oxygen atoms in total. The van der Waals surface area contributed by atoms with E-state index in [1.54, 1.807) is 0 Å². The van der Waals surface area contributed by atoms with E-state index in [4.69, 9.17) is 5.73 Å². The van der Waals surface area contributed by atoms with Crippen molar-refractivity contribution in [3.63, 3.8) is 0 Å². The van der Waals surface area contributed by atoms with Gasteiger partial charge in [-0.1, -0.05) is 0 Å². The van der Waals surface area contributed by atoms with Crippen molar-refractivity contribution in [3.8, 4) is 0 Å². The molecule has 0 aromatic heterocycles. The summed E-state index contributed by atoms with van der Waals surface area (Å²) in [5.41, 5.74) is 12.4. The lowest BCUT2D eigenvalue weighted by Crippen LogP contribution is -2.19. The van der Waals surface area contributed by atoms with Gasteiger partial charge < -0.3 is 5.73 Å². The van der Waals surface area contributed by atoms with Gasteiger partial charge in [-0.15, -0.1) is 0 Å². The molecule has 2 N–H and O–H groups in total. The van der Waals surface area contributed by atoms with Gasteiger partial charge in [-0.25, -0.2) is 0 Å². The van der Waals surface area contributed by atoms with Crippen molar-refractivity contribution in [2.24, 2.45) is 5.73 Å². The number of halogens is 3. The summed E-state index contributed by atoms with van der Waals surface area (Å²) < 4.78 is 36.9. The fraction of sp³-hybridized carbons (Fsp3) is 0.600. The Morgan fingerprint density at radius 2 is 1.21 bits per heavy atom. The van der Waals surface area contributed by atoms with Crippen molar-refractivity contribution >= 4 is 0 Å². The average molecular weight is 273 g/mol. The van der Waals surface area contributed by atoms with E-state index >= 15 is 0 Å². The van der Waals surface area contributed by atoms with Crippen molar-refractivity contribution in [3.05, 3.63) is 33.4 Å². The SMILES string of the molecule is Cc1c(C)c(C)c([C@@H](N)CCC(F)(F)F)c(C)c1C. The highest BCUT2D eigenvalue weighted by Gasteiger charge is 2.29. The zero-order valence-electron chi connectivity index (χ0n) is 12.2. The molecular weight excluding hydrogens is 251 g/mol. The number of benzene rings is 1. The summed E-state index contributed by atoms with van der Waals surface area (Å²) in [4.78, 5) is 0. The van der Waals surface area contributed by atoms with Crippen LogP contribution < -0.4 is 5.73 Å². The largest absolute Gasteiger partial charge is 0.389 e. The average Bonchev–Trinajstić information content (AvgIpc) is 2.31. The third-order valence-electron chi connectivity index (χ3n) is 4.17. The highest BCUT2D eigenvalue weighted by atomic mass is 19.4. The maximum Gasteiger partial charge on any atom is 0.389 e. The van der Waals surface area contributed by atoms with Crippen LogP contribution in [-0.2, 0) is 0 Å². The van der Waals surface area contributed by atoms with E-state index in [2.05, 4.69) is 0 Å². The first-order valence-corrected chi connectivity index (χ1v) is 6.45. The molecule has 19 heavy (non-hydrogen) atoms. The third kappa shape index (κ3) is 3.50. The van der Waals surface area contributed by atoms with Gasteiger partial charge in [0.1, 0.15) is 0 Å². The highest BCUT2D eigenvalue weighted by molar-refractivity contribution is 5.50. The van der Waals surface area contributed by atoms with E-state index in [1.165, 1.54) is 5.56 Å². The summed E-state index contributed by atoms with van der Waals surface area (Å²) in [5, 5.41) is 0. The molecule has 1 aromatic rings. The Balaban J connectivity index is 3.14. The smallest absolute Gasteiger partial charge is 0.324 e. The molecule has 0 radical (unpaired) electrons. The van der Waals surface area contributed by atoms with Crippen molar-refractivity contribution in [1.29, 1.82) is 0 Å². The Labute approximate surface area is 113 Å². The molecule has 0 bridgehead atoms. The van der Waals surface area contributed by atoms with Gasteiger partial charge in [-0.2, -0.15) is 13.2 Å². The lowest BCUT2D eigenvalue weighted by atomic mass is 9.85. The van der Waals surface area contributed by atoms with Gasteiger partial charge in [0.05, 0.1) is 0 Å². The quantitative estimate of drug-likeness (QED) is 0.857. The zero-order chi connectivity index (χ0) is 15.0. The Morgan fingerprint density at radius 1 is 0.842 bits per heavy atom. The lowest BCUT2D eigenvalue weighted by molar-refractivity contribution is -0.136. The molecule has 0 unspecified atom stereocenters. The number of hydrogen-bond donors (Lipinski definition) is 1. The molecule has 1 aromatic carbocycles. The monoisotopic (exact) mass is 273 g/mol. The molecule has 0 amide bonds. The number of rotatable bonds is 3. The van der Waals surface area contributed by atoms with Crippen LogP contribution in [0.5, 0.6) is 0 Å². The Bertz CT molecular complexity index is 446. The normalized spacial score (nSPS) is 13.7. The summed E-state index contributed by atoms with van der Waals surface area (Å²) in [7, 11) is 0. The lowest BCUT2D eigenvalue weighted by Gasteiger charge is -2.23. The van der Waals surface area contributed by atoms with E-state index in [-0.39, 0.29) is 6.42 Å². The first-order chi connectivity index (χ1) is 8.56. The second-order valence-electron chi connectivity index (χ2n) is 5.30. The van der Waals surface area contributed by atoms with Gasteiger partial charge in [0.25, 0.3) is 0 Å². The third-order valence-corrected chi connectivity index (χ3v) is 4.17. The fourth-order valence-corrected chi connectivity index (χ4v) is 2.55. The van der Waals surface area contributed by atoms with Crippen LogP contribution in [0.3, 0.4) is 0 Å². The van der Waals surface area contributed by atoms with Crippen molar-refractivity contribution in [1.82, 2.24) is 0 Å². The number of alkyl halides is 3. The van der Waals surface area contributed by atoms with Crippen molar-refractivity contribution in [2.75, 3.05) is 0 Å². The topological polar surface area (TPSA) is 26.0 Å². The molecule has 1 atom stereocenters. The van der Waals surface area contributed by atoms with Crippen LogP contribution in [0.25, 0.3) is 0 Å². The minimum atomic E-state index is -4.14. The summed E-state index contributed by atoms with van der Waals surface area (Å²) in [5.74, 6) is 0. The Morgan fingerprint density at radius 3 is 1.58 bits per heavy atom. The Hall–Kier alpha value is -1.03. The van der Waals surface area contributed by atoms with Crippen LogP contribution in [0.15, 0.2) is 0 Å². The van der Waals surface area contributed by atoms with E-state index in [9.17, 15) is 13.2 Å². The molecular formula is C15H22F3N. The van der Waals surface area contributed by atoms with Crippen LogP contribution in [0, 0.1) is 34.6 Å². The molecule has 0 spiro atoms. The molecule has 0 saturated carbocycles. The second-order valence-corrected chi connectivity index (χ2v) is 5.30. The van der Waals surface area contributed by atoms with Crippen molar-refractivity contribution < 1.29 is 13.2 Å². The van der Waals surface area contributed by atoms with Crippen LogP contribution in [0.4, 0.5) is 13.2 Å². The van der Waals surface area contributed by atoms with Gasteiger partial charge >= 0.3 is 6.18 Å². The minimum absolute atomic E-state index is 0.0624. The zero-order valence-corrected chi connectivity index (χ0v) is 12.2. The van der Waals surface area contributed by atoms with Gasteiger partial charge in [0, 0.05) is 12.5 Å². The van der Waals surface area contributed by atoms with Crippen LogP contribution >= 0.6 is 0 Å². The van der Waals surface area contributed by atoms with Crippen LogP contribution in [0.2, 0.25) is 0 Å². The molecule has 0 saturated heterocycles. The Kier molecular flexibility index (Phi) is 4.67. The summed E-state index contributed by atoms with van der Waals surface area (Å²) in [6.07, 6.45) is -5.04. The first-order valence-electron chi connectivity index (χ1n) is 6.45. The van der Waals surface area contributed by atoms with Gasteiger partial charge in [-0.05, 0) is 74.4 Å².